The summed E-state index contributed by atoms with van der Waals surface area (Å²) in [4.78, 5) is 0. The minimum atomic E-state index is -1.01. The third-order valence-electron chi connectivity index (χ3n) is 2.83. The first-order chi connectivity index (χ1) is 5.84. The lowest BCUT2D eigenvalue weighted by Gasteiger charge is -2.43. The summed E-state index contributed by atoms with van der Waals surface area (Å²) < 4.78 is 5.59. The van der Waals surface area contributed by atoms with Crippen LogP contribution in [0, 0.1) is 5.92 Å². The Labute approximate surface area is 79.7 Å². The molecule has 0 radical (unpaired) electrons. The van der Waals surface area contributed by atoms with Gasteiger partial charge in [0, 0.05) is 6.42 Å². The van der Waals surface area contributed by atoms with Crippen molar-refractivity contribution >= 4 is 0 Å². The quantitative estimate of drug-likeness (QED) is 0.643. The Hall–Kier alpha value is -0.120. The molecule has 4 atom stereocenters. The van der Waals surface area contributed by atoms with Crippen LogP contribution in [0.25, 0.3) is 0 Å². The van der Waals surface area contributed by atoms with E-state index in [2.05, 4.69) is 13.8 Å². The number of ether oxygens (including phenoxy) is 1. The third-order valence-corrected chi connectivity index (χ3v) is 2.83. The molecule has 2 N–H and O–H groups in total. The molecule has 1 saturated heterocycles. The fourth-order valence-corrected chi connectivity index (χ4v) is 1.82. The SMILES string of the molecule is CC1O[C@@H](C(C)C)CC(C)(O)[C@@H]1O. The lowest BCUT2D eigenvalue weighted by Crippen LogP contribution is -2.55. The zero-order chi connectivity index (χ0) is 10.2. The summed E-state index contributed by atoms with van der Waals surface area (Å²) in [5, 5.41) is 19.5. The molecule has 1 aliphatic rings. The van der Waals surface area contributed by atoms with Gasteiger partial charge in [-0.1, -0.05) is 13.8 Å². The van der Waals surface area contributed by atoms with Crippen LogP contribution in [0.1, 0.15) is 34.1 Å². The highest BCUT2D eigenvalue weighted by molar-refractivity contribution is 4.93. The van der Waals surface area contributed by atoms with Crippen molar-refractivity contribution in [1.82, 2.24) is 0 Å². The van der Waals surface area contributed by atoms with Crippen LogP contribution in [0.2, 0.25) is 0 Å². The van der Waals surface area contributed by atoms with Crippen molar-refractivity contribution in [3.63, 3.8) is 0 Å². The first-order valence-corrected chi connectivity index (χ1v) is 4.90. The fourth-order valence-electron chi connectivity index (χ4n) is 1.82. The molecule has 13 heavy (non-hydrogen) atoms. The van der Waals surface area contributed by atoms with E-state index < -0.39 is 11.7 Å². The van der Waals surface area contributed by atoms with Crippen LogP contribution in [-0.2, 0) is 4.74 Å². The molecular weight excluding hydrogens is 168 g/mol. The van der Waals surface area contributed by atoms with E-state index in [0.717, 1.165) is 0 Å². The number of aliphatic hydroxyl groups excluding tert-OH is 1. The largest absolute Gasteiger partial charge is 0.387 e. The van der Waals surface area contributed by atoms with Gasteiger partial charge in [-0.2, -0.15) is 0 Å². The van der Waals surface area contributed by atoms with Gasteiger partial charge in [0.1, 0.15) is 6.10 Å². The molecular formula is C10H20O3. The first-order valence-electron chi connectivity index (χ1n) is 4.90. The second kappa shape index (κ2) is 3.56. The molecule has 1 rings (SSSR count). The van der Waals surface area contributed by atoms with E-state index in [9.17, 15) is 10.2 Å². The predicted molar refractivity (Wildman–Crippen MR) is 50.4 cm³/mol. The van der Waals surface area contributed by atoms with Crippen molar-refractivity contribution in [2.24, 2.45) is 5.92 Å². The van der Waals surface area contributed by atoms with E-state index in [4.69, 9.17) is 4.74 Å². The van der Waals surface area contributed by atoms with Gasteiger partial charge >= 0.3 is 0 Å². The van der Waals surface area contributed by atoms with Gasteiger partial charge in [-0.3, -0.25) is 0 Å². The molecule has 3 heteroatoms. The summed E-state index contributed by atoms with van der Waals surface area (Å²) in [6.45, 7) is 7.59. The highest BCUT2D eigenvalue weighted by Crippen LogP contribution is 2.31. The monoisotopic (exact) mass is 188 g/mol. The molecule has 0 aliphatic carbocycles. The van der Waals surface area contributed by atoms with Crippen molar-refractivity contribution in [3.05, 3.63) is 0 Å². The molecule has 1 aliphatic heterocycles. The molecule has 0 aromatic heterocycles. The Bertz CT molecular complexity index is 177. The molecule has 2 unspecified atom stereocenters. The van der Waals surface area contributed by atoms with Crippen molar-refractivity contribution in [2.75, 3.05) is 0 Å². The maximum atomic E-state index is 9.90. The third kappa shape index (κ3) is 2.22. The zero-order valence-corrected chi connectivity index (χ0v) is 8.82. The summed E-state index contributed by atoms with van der Waals surface area (Å²) in [6.07, 6.45) is -0.497. The normalized spacial score (nSPS) is 46.8. The van der Waals surface area contributed by atoms with E-state index in [1.807, 2.05) is 0 Å². The second-order valence-electron chi connectivity index (χ2n) is 4.63. The van der Waals surface area contributed by atoms with E-state index >= 15 is 0 Å². The fraction of sp³-hybridized carbons (Fsp3) is 1.00. The van der Waals surface area contributed by atoms with Gasteiger partial charge in [0.15, 0.2) is 0 Å². The van der Waals surface area contributed by atoms with Crippen molar-refractivity contribution in [1.29, 1.82) is 0 Å². The van der Waals surface area contributed by atoms with Crippen LogP contribution in [0.5, 0.6) is 0 Å². The first kappa shape index (κ1) is 11.0. The highest BCUT2D eigenvalue weighted by Gasteiger charge is 2.43. The van der Waals surface area contributed by atoms with Crippen LogP contribution >= 0.6 is 0 Å². The van der Waals surface area contributed by atoms with Gasteiger partial charge in [0.2, 0.25) is 0 Å². The molecule has 1 fully saturated rings. The number of hydrogen-bond donors (Lipinski definition) is 2. The number of rotatable bonds is 1. The molecule has 0 aromatic carbocycles. The van der Waals surface area contributed by atoms with Gasteiger partial charge in [-0.25, -0.2) is 0 Å². The molecule has 0 saturated carbocycles. The molecule has 0 bridgehead atoms. The Balaban J connectivity index is 2.70. The Morgan fingerprint density at radius 2 is 2.00 bits per heavy atom. The maximum Gasteiger partial charge on any atom is 0.108 e. The van der Waals surface area contributed by atoms with Gasteiger partial charge in [-0.15, -0.1) is 0 Å². The zero-order valence-electron chi connectivity index (χ0n) is 8.82. The van der Waals surface area contributed by atoms with Gasteiger partial charge < -0.3 is 14.9 Å². The Morgan fingerprint density at radius 3 is 2.38 bits per heavy atom. The Kier molecular flexibility index (Phi) is 3.00. The van der Waals surface area contributed by atoms with Crippen LogP contribution in [0.3, 0.4) is 0 Å². The summed E-state index contributed by atoms with van der Waals surface area (Å²) in [7, 11) is 0. The van der Waals surface area contributed by atoms with Gasteiger partial charge in [0.25, 0.3) is 0 Å². The average molecular weight is 188 g/mol. The average Bonchev–Trinajstić information content (AvgIpc) is 1.99. The van der Waals surface area contributed by atoms with Crippen molar-refractivity contribution in [3.8, 4) is 0 Å². The lowest BCUT2D eigenvalue weighted by molar-refractivity contribution is -0.212. The van der Waals surface area contributed by atoms with Crippen molar-refractivity contribution in [2.45, 2.75) is 58.0 Å². The number of hydrogen-bond acceptors (Lipinski definition) is 3. The summed E-state index contributed by atoms with van der Waals surface area (Å²) in [5.41, 5.74) is -1.01. The molecule has 0 amide bonds. The van der Waals surface area contributed by atoms with E-state index in [0.29, 0.717) is 12.3 Å². The second-order valence-corrected chi connectivity index (χ2v) is 4.63. The predicted octanol–water partition coefficient (Wildman–Crippen LogP) is 0.932. The maximum absolute atomic E-state index is 9.90. The molecule has 78 valence electrons. The van der Waals surface area contributed by atoms with Crippen LogP contribution in [0.15, 0.2) is 0 Å². The van der Waals surface area contributed by atoms with E-state index in [-0.39, 0.29) is 12.2 Å². The van der Waals surface area contributed by atoms with Crippen LogP contribution < -0.4 is 0 Å². The lowest BCUT2D eigenvalue weighted by atomic mass is 9.83. The van der Waals surface area contributed by atoms with E-state index in [1.54, 1.807) is 13.8 Å². The molecule has 3 nitrogen and oxygen atoms in total. The standard InChI is InChI=1S/C10H20O3/c1-6(2)8-5-10(4,12)9(11)7(3)13-8/h6-9,11-12H,5H2,1-4H3/t7?,8-,9-,10?/m1/s1. The van der Waals surface area contributed by atoms with E-state index in [1.165, 1.54) is 0 Å². The Morgan fingerprint density at radius 1 is 1.46 bits per heavy atom. The summed E-state index contributed by atoms with van der Waals surface area (Å²) in [5.74, 6) is 0.376. The molecule has 0 aromatic rings. The van der Waals surface area contributed by atoms with Crippen LogP contribution in [0.4, 0.5) is 0 Å². The highest BCUT2D eigenvalue weighted by atomic mass is 16.5. The molecule has 1 heterocycles. The number of aliphatic hydroxyl groups is 2. The van der Waals surface area contributed by atoms with Crippen molar-refractivity contribution < 1.29 is 14.9 Å². The van der Waals surface area contributed by atoms with Gasteiger partial charge in [-0.05, 0) is 19.8 Å². The summed E-state index contributed by atoms with van der Waals surface area (Å²) in [6, 6.07) is 0. The topological polar surface area (TPSA) is 49.7 Å². The minimum Gasteiger partial charge on any atom is -0.387 e. The summed E-state index contributed by atoms with van der Waals surface area (Å²) >= 11 is 0. The molecule has 0 spiro atoms. The smallest absolute Gasteiger partial charge is 0.108 e. The van der Waals surface area contributed by atoms with Gasteiger partial charge in [0.05, 0.1) is 17.8 Å². The minimum absolute atomic E-state index is 0.0494. The van der Waals surface area contributed by atoms with Crippen LogP contribution in [-0.4, -0.2) is 34.1 Å².